The van der Waals surface area contributed by atoms with Crippen LogP contribution in [0.5, 0.6) is 0 Å². The van der Waals surface area contributed by atoms with Crippen molar-refractivity contribution in [2.24, 2.45) is 0 Å². The van der Waals surface area contributed by atoms with Crippen molar-refractivity contribution < 1.29 is 4.74 Å². The van der Waals surface area contributed by atoms with Gasteiger partial charge in [-0.1, -0.05) is 0 Å². The molecule has 6 nitrogen and oxygen atoms in total. The molecule has 3 N–H and O–H groups in total. The summed E-state index contributed by atoms with van der Waals surface area (Å²) in [4.78, 5) is 27.7. The van der Waals surface area contributed by atoms with E-state index in [9.17, 15) is 9.59 Å². The minimum Gasteiger partial charge on any atom is -0.382 e. The molecule has 3 rings (SSSR count). The molecule has 1 aromatic carbocycles. The fraction of sp³-hybridized carbons (Fsp3) is 0.429. The van der Waals surface area contributed by atoms with E-state index in [1.54, 1.807) is 6.07 Å². The average molecular weight is 275 g/mol. The van der Waals surface area contributed by atoms with Crippen LogP contribution in [0.25, 0.3) is 11.0 Å². The first-order valence-corrected chi connectivity index (χ1v) is 6.83. The normalized spacial score (nSPS) is 19.7. The minimum absolute atomic E-state index is 0.379. The van der Waals surface area contributed by atoms with Crippen molar-refractivity contribution in [1.29, 1.82) is 0 Å². The number of hydrogen-bond donors (Lipinski definition) is 3. The Kier molecular flexibility index (Phi) is 3.56. The van der Waals surface area contributed by atoms with Crippen LogP contribution in [0.3, 0.4) is 0 Å². The van der Waals surface area contributed by atoms with Gasteiger partial charge in [0.2, 0.25) is 0 Å². The van der Waals surface area contributed by atoms with Gasteiger partial charge >= 0.3 is 11.1 Å². The van der Waals surface area contributed by atoms with Crippen LogP contribution in [0, 0.1) is 0 Å². The smallest absolute Gasteiger partial charge is 0.314 e. The maximum absolute atomic E-state index is 11.3. The molecule has 2 aromatic rings. The standard InChI is InChI=1S/C14H17N3O3/c18-13-14(19)17-12-8-10(3-4-11(12)16-13)15-9-2-1-6-20-7-5-9/h3-4,8-9,15H,1-2,5-7H2,(H,16,18)(H,17,19). The third kappa shape index (κ3) is 2.75. The lowest BCUT2D eigenvalue weighted by atomic mass is 10.1. The number of anilines is 1. The Balaban J connectivity index is 1.86. The predicted octanol–water partition coefficient (Wildman–Crippen LogP) is 1.20. The Morgan fingerprint density at radius 1 is 1.05 bits per heavy atom. The third-order valence-electron chi connectivity index (χ3n) is 3.54. The number of aromatic amines is 2. The Morgan fingerprint density at radius 2 is 1.85 bits per heavy atom. The molecule has 1 unspecified atom stereocenters. The van der Waals surface area contributed by atoms with Gasteiger partial charge in [-0.3, -0.25) is 9.59 Å². The second-order valence-electron chi connectivity index (χ2n) is 5.05. The van der Waals surface area contributed by atoms with Gasteiger partial charge in [0.15, 0.2) is 0 Å². The molecule has 1 aromatic heterocycles. The van der Waals surface area contributed by atoms with E-state index >= 15 is 0 Å². The number of H-pyrrole nitrogens is 2. The fourth-order valence-corrected chi connectivity index (χ4v) is 2.49. The number of aromatic nitrogens is 2. The molecule has 0 saturated carbocycles. The van der Waals surface area contributed by atoms with Crippen LogP contribution in [-0.4, -0.2) is 29.2 Å². The lowest BCUT2D eigenvalue weighted by Gasteiger charge is -2.17. The van der Waals surface area contributed by atoms with Crippen LogP contribution < -0.4 is 16.4 Å². The van der Waals surface area contributed by atoms with E-state index in [1.165, 1.54) is 0 Å². The first kappa shape index (κ1) is 12.9. The molecule has 6 heteroatoms. The van der Waals surface area contributed by atoms with E-state index in [-0.39, 0.29) is 0 Å². The monoisotopic (exact) mass is 275 g/mol. The number of benzene rings is 1. The molecular weight excluding hydrogens is 258 g/mol. The van der Waals surface area contributed by atoms with Crippen LogP contribution >= 0.6 is 0 Å². The summed E-state index contributed by atoms with van der Waals surface area (Å²) in [6.07, 6.45) is 3.09. The molecule has 0 radical (unpaired) electrons. The number of hydrogen-bond acceptors (Lipinski definition) is 4. The molecule has 0 spiro atoms. The van der Waals surface area contributed by atoms with E-state index in [0.29, 0.717) is 17.1 Å². The molecule has 0 aliphatic carbocycles. The largest absolute Gasteiger partial charge is 0.382 e. The molecule has 106 valence electrons. The van der Waals surface area contributed by atoms with Crippen LogP contribution in [-0.2, 0) is 4.74 Å². The highest BCUT2D eigenvalue weighted by Crippen LogP contribution is 2.18. The quantitative estimate of drug-likeness (QED) is 0.719. The highest BCUT2D eigenvalue weighted by Gasteiger charge is 2.12. The summed E-state index contributed by atoms with van der Waals surface area (Å²) in [5, 5.41) is 3.45. The summed E-state index contributed by atoms with van der Waals surface area (Å²) >= 11 is 0. The Morgan fingerprint density at radius 3 is 2.70 bits per heavy atom. The second-order valence-corrected chi connectivity index (χ2v) is 5.05. The molecule has 1 aliphatic heterocycles. The van der Waals surface area contributed by atoms with Gasteiger partial charge in [-0.15, -0.1) is 0 Å². The zero-order valence-corrected chi connectivity index (χ0v) is 11.1. The van der Waals surface area contributed by atoms with Crippen LogP contribution in [0.2, 0.25) is 0 Å². The number of fused-ring (bicyclic) bond motifs is 1. The van der Waals surface area contributed by atoms with E-state index in [0.717, 1.165) is 38.2 Å². The van der Waals surface area contributed by atoms with Crippen molar-refractivity contribution in [2.45, 2.75) is 25.3 Å². The first-order chi connectivity index (χ1) is 9.72. The Hall–Kier alpha value is -2.08. The number of rotatable bonds is 2. The zero-order valence-electron chi connectivity index (χ0n) is 11.1. The lowest BCUT2D eigenvalue weighted by Crippen LogP contribution is -2.29. The van der Waals surface area contributed by atoms with E-state index in [4.69, 9.17) is 4.74 Å². The van der Waals surface area contributed by atoms with Gasteiger partial charge in [-0.25, -0.2) is 0 Å². The van der Waals surface area contributed by atoms with Gasteiger partial charge in [-0.05, 0) is 37.5 Å². The maximum Gasteiger partial charge on any atom is 0.314 e. The maximum atomic E-state index is 11.3. The Labute approximate surface area is 115 Å². The zero-order chi connectivity index (χ0) is 13.9. The summed E-state index contributed by atoms with van der Waals surface area (Å²) in [6.45, 7) is 1.60. The van der Waals surface area contributed by atoms with E-state index in [1.807, 2.05) is 12.1 Å². The van der Waals surface area contributed by atoms with Crippen LogP contribution in [0.4, 0.5) is 5.69 Å². The molecule has 1 aliphatic rings. The van der Waals surface area contributed by atoms with E-state index < -0.39 is 11.1 Å². The molecule has 1 atom stereocenters. The summed E-state index contributed by atoms with van der Waals surface area (Å²) < 4.78 is 5.43. The van der Waals surface area contributed by atoms with Crippen LogP contribution in [0.1, 0.15) is 19.3 Å². The number of ether oxygens (including phenoxy) is 1. The van der Waals surface area contributed by atoms with Gasteiger partial charge in [0.05, 0.1) is 11.0 Å². The van der Waals surface area contributed by atoms with Crippen molar-refractivity contribution in [3.05, 3.63) is 38.9 Å². The minimum atomic E-state index is -0.627. The molecule has 0 amide bonds. The van der Waals surface area contributed by atoms with Gasteiger partial charge < -0.3 is 20.0 Å². The summed E-state index contributed by atoms with van der Waals surface area (Å²) in [6, 6.07) is 5.92. The molecule has 1 fully saturated rings. The third-order valence-corrected chi connectivity index (χ3v) is 3.54. The predicted molar refractivity (Wildman–Crippen MR) is 77.3 cm³/mol. The van der Waals surface area contributed by atoms with Gasteiger partial charge in [-0.2, -0.15) is 0 Å². The molecular formula is C14H17N3O3. The Bertz CT molecular complexity index is 711. The SMILES string of the molecule is O=c1[nH]c2ccc(NC3CCCOCC3)cc2[nH]c1=O. The molecule has 0 bridgehead atoms. The van der Waals surface area contributed by atoms with Gasteiger partial charge in [0.25, 0.3) is 0 Å². The van der Waals surface area contributed by atoms with E-state index in [2.05, 4.69) is 15.3 Å². The van der Waals surface area contributed by atoms with Gasteiger partial charge in [0.1, 0.15) is 0 Å². The summed E-state index contributed by atoms with van der Waals surface area (Å²) in [5.74, 6) is 0. The molecule has 2 heterocycles. The number of nitrogens with one attached hydrogen (secondary N) is 3. The van der Waals surface area contributed by atoms with Gasteiger partial charge in [0, 0.05) is 24.9 Å². The topological polar surface area (TPSA) is 87.0 Å². The highest BCUT2D eigenvalue weighted by atomic mass is 16.5. The van der Waals surface area contributed by atoms with Crippen molar-refractivity contribution in [1.82, 2.24) is 9.97 Å². The van der Waals surface area contributed by atoms with Crippen molar-refractivity contribution in [2.75, 3.05) is 18.5 Å². The fourth-order valence-electron chi connectivity index (χ4n) is 2.49. The highest BCUT2D eigenvalue weighted by molar-refractivity contribution is 5.78. The molecule has 20 heavy (non-hydrogen) atoms. The summed E-state index contributed by atoms with van der Waals surface area (Å²) in [7, 11) is 0. The van der Waals surface area contributed by atoms with Crippen molar-refractivity contribution in [3.8, 4) is 0 Å². The van der Waals surface area contributed by atoms with Crippen LogP contribution in [0.15, 0.2) is 27.8 Å². The summed E-state index contributed by atoms with van der Waals surface area (Å²) in [5.41, 5.74) is 0.942. The molecule has 1 saturated heterocycles. The first-order valence-electron chi connectivity index (χ1n) is 6.83. The average Bonchev–Trinajstić information content (AvgIpc) is 2.69. The van der Waals surface area contributed by atoms with Crippen molar-refractivity contribution in [3.63, 3.8) is 0 Å². The van der Waals surface area contributed by atoms with Crippen molar-refractivity contribution >= 4 is 16.7 Å². The second kappa shape index (κ2) is 5.50. The lowest BCUT2D eigenvalue weighted by molar-refractivity contribution is 0.144.